The van der Waals surface area contributed by atoms with Crippen molar-refractivity contribution in [1.29, 1.82) is 0 Å². The quantitative estimate of drug-likeness (QED) is 0.868. The van der Waals surface area contributed by atoms with E-state index in [4.69, 9.17) is 4.74 Å². The van der Waals surface area contributed by atoms with Crippen LogP contribution in [-0.2, 0) is 5.60 Å². The topological polar surface area (TPSA) is 29.5 Å². The van der Waals surface area contributed by atoms with Crippen LogP contribution in [0.3, 0.4) is 0 Å². The van der Waals surface area contributed by atoms with E-state index in [1.165, 1.54) is 0 Å². The third-order valence-corrected chi connectivity index (χ3v) is 4.65. The summed E-state index contributed by atoms with van der Waals surface area (Å²) in [5.41, 5.74) is 0.570. The molecule has 1 N–H and O–H groups in total. The van der Waals surface area contributed by atoms with Gasteiger partial charge >= 0.3 is 0 Å². The van der Waals surface area contributed by atoms with E-state index in [0.717, 1.165) is 37.0 Å². The first-order chi connectivity index (χ1) is 8.87. The minimum atomic E-state index is -0.714. The van der Waals surface area contributed by atoms with Crippen LogP contribution in [0.15, 0.2) is 24.3 Å². The average molecular weight is 262 g/mol. The number of para-hydroxylation sites is 1. The van der Waals surface area contributed by atoms with Crippen LogP contribution in [0.4, 0.5) is 0 Å². The number of rotatable bonds is 2. The zero-order chi connectivity index (χ0) is 14.1. The second-order valence-electron chi connectivity index (χ2n) is 6.87. The molecule has 0 atom stereocenters. The molecule has 0 unspecified atom stereocenters. The zero-order valence-electron chi connectivity index (χ0n) is 12.6. The van der Waals surface area contributed by atoms with Crippen molar-refractivity contribution in [2.24, 2.45) is 11.3 Å². The molecule has 0 bridgehead atoms. The summed E-state index contributed by atoms with van der Waals surface area (Å²) in [6.45, 7) is 6.89. The van der Waals surface area contributed by atoms with Crippen molar-refractivity contribution in [3.63, 3.8) is 0 Å². The highest BCUT2D eigenvalue weighted by molar-refractivity contribution is 5.38. The highest BCUT2D eigenvalue weighted by atomic mass is 16.5. The van der Waals surface area contributed by atoms with Gasteiger partial charge in [0.15, 0.2) is 0 Å². The minimum absolute atomic E-state index is 0.335. The Morgan fingerprint density at radius 1 is 1.16 bits per heavy atom. The molecule has 1 saturated carbocycles. The zero-order valence-corrected chi connectivity index (χ0v) is 12.6. The SMILES string of the molecule is COc1ccccc1C1(O)CCC(C(C)(C)C)CC1. The van der Waals surface area contributed by atoms with E-state index in [2.05, 4.69) is 20.8 Å². The van der Waals surface area contributed by atoms with Crippen molar-refractivity contribution in [3.8, 4) is 5.75 Å². The number of hydrogen-bond acceptors (Lipinski definition) is 2. The van der Waals surface area contributed by atoms with Crippen molar-refractivity contribution >= 4 is 0 Å². The van der Waals surface area contributed by atoms with Crippen molar-refractivity contribution in [2.75, 3.05) is 7.11 Å². The normalized spacial score (nSPS) is 28.2. The van der Waals surface area contributed by atoms with Crippen LogP contribution in [0.2, 0.25) is 0 Å². The van der Waals surface area contributed by atoms with Gasteiger partial charge in [-0.15, -0.1) is 0 Å². The molecule has 0 spiro atoms. The van der Waals surface area contributed by atoms with E-state index >= 15 is 0 Å². The van der Waals surface area contributed by atoms with Gasteiger partial charge in [-0.2, -0.15) is 0 Å². The molecule has 2 heteroatoms. The van der Waals surface area contributed by atoms with Gasteiger partial charge in [0, 0.05) is 5.56 Å². The van der Waals surface area contributed by atoms with Gasteiger partial charge in [0.05, 0.1) is 12.7 Å². The fourth-order valence-electron chi connectivity index (χ4n) is 3.26. The Kier molecular flexibility index (Phi) is 3.91. The summed E-state index contributed by atoms with van der Waals surface area (Å²) >= 11 is 0. The Hall–Kier alpha value is -1.02. The van der Waals surface area contributed by atoms with Crippen LogP contribution in [0, 0.1) is 11.3 Å². The number of hydrogen-bond donors (Lipinski definition) is 1. The Bertz CT molecular complexity index is 423. The van der Waals surface area contributed by atoms with Crippen molar-refractivity contribution < 1.29 is 9.84 Å². The van der Waals surface area contributed by atoms with Gasteiger partial charge in [0.1, 0.15) is 5.75 Å². The minimum Gasteiger partial charge on any atom is -0.496 e. The first kappa shape index (κ1) is 14.4. The Morgan fingerprint density at radius 2 is 1.74 bits per heavy atom. The lowest BCUT2D eigenvalue weighted by Gasteiger charge is -2.41. The number of aliphatic hydroxyl groups is 1. The summed E-state index contributed by atoms with van der Waals surface area (Å²) in [5, 5.41) is 11.0. The molecule has 0 aliphatic heterocycles. The van der Waals surface area contributed by atoms with Gasteiger partial charge < -0.3 is 9.84 Å². The maximum absolute atomic E-state index is 11.0. The lowest BCUT2D eigenvalue weighted by Crippen LogP contribution is -2.35. The van der Waals surface area contributed by atoms with E-state index in [-0.39, 0.29) is 0 Å². The van der Waals surface area contributed by atoms with E-state index in [9.17, 15) is 5.11 Å². The molecule has 1 aliphatic rings. The van der Waals surface area contributed by atoms with Crippen LogP contribution in [0.25, 0.3) is 0 Å². The predicted molar refractivity (Wildman–Crippen MR) is 78.3 cm³/mol. The molecule has 0 amide bonds. The molecule has 2 rings (SSSR count). The highest BCUT2D eigenvalue weighted by Crippen LogP contribution is 2.47. The molecular weight excluding hydrogens is 236 g/mol. The number of benzene rings is 1. The molecule has 0 saturated heterocycles. The van der Waals surface area contributed by atoms with Gasteiger partial charge in [-0.1, -0.05) is 39.0 Å². The van der Waals surface area contributed by atoms with Gasteiger partial charge in [-0.05, 0) is 43.1 Å². The van der Waals surface area contributed by atoms with E-state index in [0.29, 0.717) is 11.3 Å². The standard InChI is InChI=1S/C17H26O2/c1-16(2,3)13-9-11-17(18,12-10-13)14-7-5-6-8-15(14)19-4/h5-8,13,18H,9-12H2,1-4H3. The fraction of sp³-hybridized carbons (Fsp3) is 0.647. The van der Waals surface area contributed by atoms with Crippen LogP contribution >= 0.6 is 0 Å². The van der Waals surface area contributed by atoms with Crippen molar-refractivity contribution in [3.05, 3.63) is 29.8 Å². The molecule has 0 heterocycles. The molecule has 1 aromatic carbocycles. The van der Waals surface area contributed by atoms with E-state index in [1.807, 2.05) is 24.3 Å². The molecule has 0 radical (unpaired) electrons. The van der Waals surface area contributed by atoms with Crippen LogP contribution in [-0.4, -0.2) is 12.2 Å². The largest absolute Gasteiger partial charge is 0.496 e. The Morgan fingerprint density at radius 3 is 2.26 bits per heavy atom. The lowest BCUT2D eigenvalue weighted by atomic mass is 9.67. The fourth-order valence-corrected chi connectivity index (χ4v) is 3.26. The molecule has 0 aromatic heterocycles. The van der Waals surface area contributed by atoms with Crippen LogP contribution in [0.1, 0.15) is 52.0 Å². The summed E-state index contributed by atoms with van der Waals surface area (Å²) in [4.78, 5) is 0. The summed E-state index contributed by atoms with van der Waals surface area (Å²) in [6, 6.07) is 7.86. The molecule has 1 aromatic rings. The third-order valence-electron chi connectivity index (χ3n) is 4.65. The Balaban J connectivity index is 2.18. The smallest absolute Gasteiger partial charge is 0.124 e. The first-order valence-corrected chi connectivity index (χ1v) is 7.23. The second kappa shape index (κ2) is 5.16. The predicted octanol–water partition coefficient (Wildman–Crippen LogP) is 4.12. The van der Waals surface area contributed by atoms with Crippen molar-refractivity contribution in [2.45, 2.75) is 52.1 Å². The monoisotopic (exact) mass is 262 g/mol. The maximum atomic E-state index is 11.0. The molecule has 106 valence electrons. The number of ether oxygens (including phenoxy) is 1. The third kappa shape index (κ3) is 2.94. The van der Waals surface area contributed by atoms with E-state index < -0.39 is 5.60 Å². The lowest BCUT2D eigenvalue weighted by molar-refractivity contribution is -0.0312. The Labute approximate surface area is 116 Å². The summed E-state index contributed by atoms with van der Waals surface area (Å²) < 4.78 is 5.40. The first-order valence-electron chi connectivity index (χ1n) is 7.23. The summed E-state index contributed by atoms with van der Waals surface area (Å²) in [5.74, 6) is 1.50. The van der Waals surface area contributed by atoms with Gasteiger partial charge in [-0.25, -0.2) is 0 Å². The van der Waals surface area contributed by atoms with Gasteiger partial charge in [-0.3, -0.25) is 0 Å². The molecule has 1 aliphatic carbocycles. The summed E-state index contributed by atoms with van der Waals surface area (Å²) in [7, 11) is 1.67. The second-order valence-corrected chi connectivity index (χ2v) is 6.87. The van der Waals surface area contributed by atoms with Crippen LogP contribution < -0.4 is 4.74 Å². The molecular formula is C17H26O2. The molecule has 2 nitrogen and oxygen atoms in total. The summed E-state index contributed by atoms with van der Waals surface area (Å²) in [6.07, 6.45) is 3.82. The van der Waals surface area contributed by atoms with E-state index in [1.54, 1.807) is 7.11 Å². The van der Waals surface area contributed by atoms with Crippen LogP contribution in [0.5, 0.6) is 5.75 Å². The highest BCUT2D eigenvalue weighted by Gasteiger charge is 2.39. The molecule has 1 fully saturated rings. The van der Waals surface area contributed by atoms with Crippen molar-refractivity contribution in [1.82, 2.24) is 0 Å². The maximum Gasteiger partial charge on any atom is 0.124 e. The van der Waals surface area contributed by atoms with Gasteiger partial charge in [0.2, 0.25) is 0 Å². The van der Waals surface area contributed by atoms with Gasteiger partial charge in [0.25, 0.3) is 0 Å². The average Bonchev–Trinajstić information content (AvgIpc) is 2.38. The number of methoxy groups -OCH3 is 1. The molecule has 19 heavy (non-hydrogen) atoms.